The summed E-state index contributed by atoms with van der Waals surface area (Å²) in [4.78, 5) is 23.6. The molecular formula is C35H57O11P. The van der Waals surface area contributed by atoms with Crippen molar-refractivity contribution >= 4 is 13.8 Å². The number of aliphatic carboxylic acids is 1. The van der Waals surface area contributed by atoms with Crippen LogP contribution in [0, 0.1) is 57.2 Å². The van der Waals surface area contributed by atoms with Crippen molar-refractivity contribution in [1.82, 2.24) is 0 Å². The van der Waals surface area contributed by atoms with Gasteiger partial charge in [0.15, 0.2) is 6.29 Å². The van der Waals surface area contributed by atoms with Gasteiger partial charge in [-0.25, -0.2) is 4.57 Å². The molecule has 6 N–H and O–H groups in total. The van der Waals surface area contributed by atoms with E-state index >= 15 is 0 Å². The molecule has 1 aliphatic heterocycles. The quantitative estimate of drug-likeness (QED) is 0.169. The molecule has 6 rings (SSSR count). The van der Waals surface area contributed by atoms with Crippen LogP contribution in [-0.4, -0.2) is 79.8 Å². The number of allylic oxidation sites excluding steroid dienone is 2. The van der Waals surface area contributed by atoms with Gasteiger partial charge >= 0.3 is 13.8 Å². The van der Waals surface area contributed by atoms with Crippen LogP contribution in [0.15, 0.2) is 11.6 Å². The van der Waals surface area contributed by atoms with Gasteiger partial charge < -0.3 is 35.2 Å². The zero-order chi connectivity index (χ0) is 34.5. The lowest BCUT2D eigenvalue weighted by atomic mass is 9.37. The Morgan fingerprint density at radius 2 is 1.57 bits per heavy atom. The molecule has 16 atom stereocenters. The number of hydrogen-bond acceptors (Lipinski definition) is 9. The molecule has 5 aliphatic carbocycles. The van der Waals surface area contributed by atoms with Crippen molar-refractivity contribution < 1.29 is 53.6 Å². The molecular weight excluding hydrogens is 627 g/mol. The third kappa shape index (κ3) is 5.53. The molecule has 0 aromatic carbocycles. The van der Waals surface area contributed by atoms with Gasteiger partial charge in [0.2, 0.25) is 0 Å². The molecule has 0 aromatic heterocycles. The topological polar surface area (TPSA) is 183 Å². The number of phosphoric ester groups is 1. The minimum absolute atomic E-state index is 0.0430. The zero-order valence-corrected chi connectivity index (χ0v) is 29.6. The summed E-state index contributed by atoms with van der Waals surface area (Å²) in [6.07, 6.45) is 1.35. The fraction of sp³-hybridized carbons (Fsp3) is 0.914. The molecule has 1 saturated heterocycles. The third-order valence-electron chi connectivity index (χ3n) is 14.9. The van der Waals surface area contributed by atoms with E-state index in [-0.39, 0.29) is 22.7 Å². The van der Waals surface area contributed by atoms with Crippen LogP contribution in [-0.2, 0) is 23.1 Å². The van der Waals surface area contributed by atoms with E-state index < -0.39 is 68.0 Å². The number of ether oxygens (including phenoxy) is 1. The van der Waals surface area contributed by atoms with Gasteiger partial charge in [-0.15, -0.1) is 0 Å². The van der Waals surface area contributed by atoms with Crippen LogP contribution >= 0.6 is 7.82 Å². The van der Waals surface area contributed by atoms with Crippen LogP contribution in [0.2, 0.25) is 0 Å². The number of rotatable bonds is 6. The second-order valence-corrected chi connectivity index (χ2v) is 18.7. The molecule has 4 saturated carbocycles. The average molecular weight is 685 g/mol. The predicted octanol–water partition coefficient (Wildman–Crippen LogP) is 4.64. The second kappa shape index (κ2) is 12.1. The lowest BCUT2D eigenvalue weighted by Gasteiger charge is -2.68. The van der Waals surface area contributed by atoms with Crippen molar-refractivity contribution in [2.24, 2.45) is 57.2 Å². The van der Waals surface area contributed by atoms with Gasteiger partial charge in [0.25, 0.3) is 0 Å². The SMILES string of the molecule is C[C@H]1[C@H](C)CC[C@]2(C(=O)O)CCC3C(=CC[C@@H]4[C@@]5(C)CC[C@H](OP(=O)(O)OCC6OC(O)C(O)C(O)C6O)C(C)(C)[C@@H]5CC[C@@]34C)[C@H]12. The van der Waals surface area contributed by atoms with E-state index in [0.717, 1.165) is 51.4 Å². The summed E-state index contributed by atoms with van der Waals surface area (Å²) in [5.74, 6) is 1.27. The zero-order valence-electron chi connectivity index (χ0n) is 28.7. The Kier molecular flexibility index (Phi) is 9.27. The number of aliphatic hydroxyl groups is 4. The van der Waals surface area contributed by atoms with Crippen LogP contribution in [0.3, 0.4) is 0 Å². The van der Waals surface area contributed by atoms with Crippen LogP contribution < -0.4 is 0 Å². The maximum Gasteiger partial charge on any atom is 0.472 e. The molecule has 268 valence electrons. The lowest BCUT2D eigenvalue weighted by molar-refractivity contribution is -0.286. The summed E-state index contributed by atoms with van der Waals surface area (Å²) >= 11 is 0. The third-order valence-corrected chi connectivity index (χ3v) is 15.9. The first-order valence-corrected chi connectivity index (χ1v) is 19.3. The van der Waals surface area contributed by atoms with Gasteiger partial charge in [-0.2, -0.15) is 0 Å². The van der Waals surface area contributed by atoms with Gasteiger partial charge in [-0.05, 0) is 110 Å². The molecule has 12 heteroatoms. The molecule has 7 unspecified atom stereocenters. The molecule has 6 aliphatic rings. The van der Waals surface area contributed by atoms with Crippen molar-refractivity contribution in [2.75, 3.05) is 6.61 Å². The van der Waals surface area contributed by atoms with E-state index in [9.17, 15) is 39.8 Å². The molecule has 5 fully saturated rings. The molecule has 0 amide bonds. The molecule has 47 heavy (non-hydrogen) atoms. The Morgan fingerprint density at radius 3 is 2.26 bits per heavy atom. The molecule has 1 heterocycles. The van der Waals surface area contributed by atoms with Gasteiger partial charge in [0.05, 0.1) is 18.1 Å². The number of phosphoric acid groups is 1. The monoisotopic (exact) mass is 684 g/mol. The van der Waals surface area contributed by atoms with Gasteiger partial charge in [-0.1, -0.05) is 53.2 Å². The highest BCUT2D eigenvalue weighted by molar-refractivity contribution is 7.47. The Labute approximate surface area is 278 Å². The number of carboxylic acids is 1. The van der Waals surface area contributed by atoms with Gasteiger partial charge in [0, 0.05) is 0 Å². The highest BCUT2D eigenvalue weighted by Crippen LogP contribution is 2.72. The largest absolute Gasteiger partial charge is 0.481 e. The number of hydrogen-bond donors (Lipinski definition) is 6. The maximum atomic E-state index is 13.2. The van der Waals surface area contributed by atoms with Crippen molar-refractivity contribution in [3.05, 3.63) is 11.6 Å². The number of carbonyl (C=O) groups is 1. The average Bonchev–Trinajstić information content (AvgIpc) is 3.00. The van der Waals surface area contributed by atoms with Crippen LogP contribution in [0.1, 0.15) is 99.3 Å². The van der Waals surface area contributed by atoms with Gasteiger partial charge in [0.1, 0.15) is 24.4 Å². The minimum atomic E-state index is -4.63. The van der Waals surface area contributed by atoms with E-state index in [4.69, 9.17) is 13.8 Å². The minimum Gasteiger partial charge on any atom is -0.481 e. The summed E-state index contributed by atoms with van der Waals surface area (Å²) < 4.78 is 29.4. The Hall–Kier alpha value is -0.880. The standard InChI is InChI=1S/C35H57O11P/c1-18-9-15-35(31(40)41)16-10-21-20(26(35)19(18)2)7-8-24-33(21,5)13-11-23-32(3,4)25(12-14-34(23,24)6)46-47(42,43)44-17-22-27(36)28(37)29(38)30(39)45-22/h7,18-19,21-30,36-39H,8-17H2,1-6H3,(H,40,41)(H,42,43)/t18-,19+,21?,22?,23+,24+,25+,26+,27?,28?,29?,30?,33+,34+,35+/m1/s1. The van der Waals surface area contributed by atoms with Crippen molar-refractivity contribution in [1.29, 1.82) is 0 Å². The van der Waals surface area contributed by atoms with E-state index in [0.29, 0.717) is 30.1 Å². The highest BCUT2D eigenvalue weighted by atomic mass is 31.2. The molecule has 0 radical (unpaired) electrons. The van der Waals surface area contributed by atoms with E-state index in [1.54, 1.807) is 0 Å². The molecule has 11 nitrogen and oxygen atoms in total. The van der Waals surface area contributed by atoms with E-state index in [1.807, 2.05) is 0 Å². The fourth-order valence-corrected chi connectivity index (χ4v) is 13.2. The Balaban J connectivity index is 1.19. The summed E-state index contributed by atoms with van der Waals surface area (Å²) in [5, 5.41) is 50.3. The van der Waals surface area contributed by atoms with E-state index in [1.165, 1.54) is 5.57 Å². The molecule has 0 aromatic rings. The first-order chi connectivity index (χ1) is 21.8. The highest BCUT2D eigenvalue weighted by Gasteiger charge is 2.66. The van der Waals surface area contributed by atoms with Crippen molar-refractivity contribution in [3.63, 3.8) is 0 Å². The molecule has 0 bridgehead atoms. The number of aliphatic hydroxyl groups excluding tert-OH is 4. The smallest absolute Gasteiger partial charge is 0.472 e. The summed E-state index contributed by atoms with van der Waals surface area (Å²) in [6, 6.07) is 0. The maximum absolute atomic E-state index is 13.2. The first-order valence-electron chi connectivity index (χ1n) is 17.8. The first kappa shape index (κ1) is 35.9. The van der Waals surface area contributed by atoms with Crippen LogP contribution in [0.25, 0.3) is 0 Å². The Bertz CT molecular complexity index is 1300. The number of carboxylic acid groups (broad SMARTS) is 1. The Morgan fingerprint density at radius 1 is 0.915 bits per heavy atom. The summed E-state index contributed by atoms with van der Waals surface area (Å²) in [6.45, 7) is 13.0. The summed E-state index contributed by atoms with van der Waals surface area (Å²) in [7, 11) is -4.63. The van der Waals surface area contributed by atoms with Crippen LogP contribution in [0.5, 0.6) is 0 Å². The lowest BCUT2D eigenvalue weighted by Crippen LogP contribution is -2.62. The van der Waals surface area contributed by atoms with Gasteiger partial charge in [-0.3, -0.25) is 13.8 Å². The molecule has 0 spiro atoms. The predicted molar refractivity (Wildman–Crippen MR) is 172 cm³/mol. The van der Waals surface area contributed by atoms with Crippen molar-refractivity contribution in [3.8, 4) is 0 Å². The number of fused-ring (bicyclic) bond motifs is 7. The fourth-order valence-electron chi connectivity index (χ4n) is 12.1. The van der Waals surface area contributed by atoms with E-state index in [2.05, 4.69) is 47.6 Å². The van der Waals surface area contributed by atoms with Crippen molar-refractivity contribution in [2.45, 2.75) is 136 Å². The van der Waals surface area contributed by atoms with Crippen LogP contribution in [0.4, 0.5) is 0 Å². The summed E-state index contributed by atoms with van der Waals surface area (Å²) in [5.41, 5.74) is 0.297. The normalized spacial score (nSPS) is 52.1. The second-order valence-electron chi connectivity index (χ2n) is 17.3.